The number of halogens is 2. The summed E-state index contributed by atoms with van der Waals surface area (Å²) in [5, 5.41) is 3.47. The topological polar surface area (TPSA) is 12.0 Å². The van der Waals surface area contributed by atoms with E-state index in [-0.39, 0.29) is 0 Å². The lowest BCUT2D eigenvalue weighted by Gasteiger charge is -2.21. The van der Waals surface area contributed by atoms with Gasteiger partial charge in [-0.3, -0.25) is 0 Å². The van der Waals surface area contributed by atoms with E-state index in [9.17, 15) is 0 Å². The molecule has 0 saturated carbocycles. The minimum absolute atomic E-state index is 1.21. The lowest BCUT2D eigenvalue weighted by molar-refractivity contribution is 1.30. The molecule has 0 radical (unpaired) electrons. The van der Waals surface area contributed by atoms with E-state index in [1.807, 2.05) is 11.8 Å². The van der Waals surface area contributed by atoms with Crippen LogP contribution in [0.4, 0.5) is 11.4 Å². The van der Waals surface area contributed by atoms with Crippen LogP contribution in [0, 0.1) is 7.14 Å². The van der Waals surface area contributed by atoms with Gasteiger partial charge in [0.05, 0.1) is 11.4 Å². The molecule has 0 bridgehead atoms. The van der Waals surface area contributed by atoms with E-state index in [0.717, 1.165) is 0 Å². The van der Waals surface area contributed by atoms with Crippen LogP contribution in [0.1, 0.15) is 0 Å². The Hall–Kier alpha value is 0.0500. The summed E-state index contributed by atoms with van der Waals surface area (Å²) in [6.07, 6.45) is 0. The number of fused-ring (bicyclic) bond motifs is 2. The largest absolute Gasteiger partial charge is 0.354 e. The van der Waals surface area contributed by atoms with Gasteiger partial charge in [0.25, 0.3) is 0 Å². The van der Waals surface area contributed by atoms with Crippen LogP contribution in [0.15, 0.2) is 46.2 Å². The van der Waals surface area contributed by atoms with Crippen LogP contribution >= 0.6 is 56.9 Å². The van der Waals surface area contributed by atoms with Crippen LogP contribution in [-0.4, -0.2) is 0 Å². The van der Waals surface area contributed by atoms with Crippen LogP contribution in [0.25, 0.3) is 0 Å². The molecule has 16 heavy (non-hydrogen) atoms. The summed E-state index contributed by atoms with van der Waals surface area (Å²) in [5.74, 6) is 0. The Bertz CT molecular complexity index is 519. The van der Waals surface area contributed by atoms with E-state index in [4.69, 9.17) is 0 Å². The number of nitrogens with one attached hydrogen (secondary N) is 1. The highest BCUT2D eigenvalue weighted by molar-refractivity contribution is 14.1. The highest BCUT2D eigenvalue weighted by atomic mass is 127. The molecule has 1 aliphatic rings. The third kappa shape index (κ3) is 2.06. The van der Waals surface area contributed by atoms with Gasteiger partial charge in [-0.2, -0.15) is 0 Å². The summed E-state index contributed by atoms with van der Waals surface area (Å²) in [7, 11) is 0. The first-order chi connectivity index (χ1) is 7.72. The molecule has 0 aliphatic carbocycles. The van der Waals surface area contributed by atoms with Gasteiger partial charge in [0, 0.05) is 16.9 Å². The molecule has 0 amide bonds. The van der Waals surface area contributed by atoms with Gasteiger partial charge in [0.2, 0.25) is 0 Å². The monoisotopic (exact) mass is 451 g/mol. The maximum absolute atomic E-state index is 3.47. The number of rotatable bonds is 0. The Kier molecular flexibility index (Phi) is 3.05. The van der Waals surface area contributed by atoms with Gasteiger partial charge >= 0.3 is 0 Å². The summed E-state index contributed by atoms with van der Waals surface area (Å²) in [4.78, 5) is 2.61. The Morgan fingerprint density at radius 1 is 0.812 bits per heavy atom. The fraction of sp³-hybridized carbons (Fsp3) is 0. The second-order valence-electron chi connectivity index (χ2n) is 3.51. The van der Waals surface area contributed by atoms with Crippen LogP contribution in [0.2, 0.25) is 0 Å². The normalized spacial score (nSPS) is 12.6. The highest BCUT2D eigenvalue weighted by Gasteiger charge is 2.15. The Morgan fingerprint density at radius 3 is 1.81 bits per heavy atom. The molecule has 0 unspecified atom stereocenters. The minimum atomic E-state index is 1.21. The Labute approximate surface area is 126 Å². The molecule has 0 aromatic heterocycles. The Morgan fingerprint density at radius 2 is 1.31 bits per heavy atom. The van der Waals surface area contributed by atoms with Gasteiger partial charge in [-0.05, 0) is 81.6 Å². The van der Waals surface area contributed by atoms with Gasteiger partial charge in [-0.1, -0.05) is 11.8 Å². The van der Waals surface area contributed by atoms with Crippen molar-refractivity contribution in [3.63, 3.8) is 0 Å². The van der Waals surface area contributed by atoms with Crippen molar-refractivity contribution in [2.24, 2.45) is 0 Å². The van der Waals surface area contributed by atoms with Crippen molar-refractivity contribution in [3.8, 4) is 0 Å². The van der Waals surface area contributed by atoms with E-state index in [1.54, 1.807) is 0 Å². The predicted octanol–water partition coefficient (Wildman–Crippen LogP) is 5.10. The molecule has 1 aliphatic heterocycles. The summed E-state index contributed by atoms with van der Waals surface area (Å²) < 4.78 is 2.56. The van der Waals surface area contributed by atoms with E-state index in [1.165, 1.54) is 28.3 Å². The average Bonchev–Trinajstić information content (AvgIpc) is 2.26. The molecule has 4 heteroatoms. The van der Waals surface area contributed by atoms with Crippen LogP contribution in [0.5, 0.6) is 0 Å². The lowest BCUT2D eigenvalue weighted by atomic mass is 10.2. The zero-order valence-corrected chi connectivity index (χ0v) is 13.3. The van der Waals surface area contributed by atoms with E-state index >= 15 is 0 Å². The summed E-state index contributed by atoms with van der Waals surface area (Å²) in [6, 6.07) is 13.0. The maximum Gasteiger partial charge on any atom is 0.0527 e. The van der Waals surface area contributed by atoms with Gasteiger partial charge < -0.3 is 5.32 Å². The third-order valence-corrected chi connectivity index (χ3v) is 4.83. The van der Waals surface area contributed by atoms with Crippen molar-refractivity contribution in [1.29, 1.82) is 0 Å². The summed E-state index contributed by atoms with van der Waals surface area (Å²) in [6.45, 7) is 0. The highest BCUT2D eigenvalue weighted by Crippen LogP contribution is 2.44. The minimum Gasteiger partial charge on any atom is -0.354 e. The number of anilines is 2. The Balaban J connectivity index is 2.10. The molecule has 0 fully saturated rings. The SMILES string of the molecule is Ic1ccc2c(c1)Sc1cc(I)ccc1N2. The number of hydrogen-bond donors (Lipinski definition) is 1. The third-order valence-electron chi connectivity index (χ3n) is 2.38. The first kappa shape index (κ1) is 11.2. The average molecular weight is 451 g/mol. The van der Waals surface area contributed by atoms with Crippen LogP contribution in [-0.2, 0) is 0 Å². The standard InChI is InChI=1S/C12H7I2NS/c13-7-1-3-9-11(5-7)16-12-6-8(14)2-4-10(12)15-9/h1-6,15H. The van der Waals surface area contributed by atoms with Crippen molar-refractivity contribution in [2.75, 3.05) is 5.32 Å². The first-order valence-corrected chi connectivity index (χ1v) is 7.74. The molecule has 0 atom stereocenters. The molecular formula is C12H7I2NS. The van der Waals surface area contributed by atoms with E-state index in [0.29, 0.717) is 0 Å². The molecule has 0 saturated heterocycles. The smallest absolute Gasteiger partial charge is 0.0527 e. The molecule has 0 spiro atoms. The van der Waals surface area contributed by atoms with Gasteiger partial charge in [-0.15, -0.1) is 0 Å². The molecule has 1 heterocycles. The van der Waals surface area contributed by atoms with Crippen molar-refractivity contribution >= 4 is 68.3 Å². The summed E-state index contributed by atoms with van der Waals surface area (Å²) >= 11 is 6.54. The maximum atomic E-state index is 3.47. The van der Waals surface area contributed by atoms with Crippen molar-refractivity contribution in [1.82, 2.24) is 0 Å². The molecule has 2 aromatic rings. The second kappa shape index (κ2) is 4.38. The number of benzene rings is 2. The fourth-order valence-electron chi connectivity index (χ4n) is 1.63. The van der Waals surface area contributed by atoms with E-state index in [2.05, 4.69) is 86.9 Å². The van der Waals surface area contributed by atoms with Gasteiger partial charge in [0.1, 0.15) is 0 Å². The number of hydrogen-bond acceptors (Lipinski definition) is 2. The fourth-order valence-corrected chi connectivity index (χ4v) is 4.10. The van der Waals surface area contributed by atoms with E-state index < -0.39 is 0 Å². The second-order valence-corrected chi connectivity index (χ2v) is 7.08. The quantitative estimate of drug-likeness (QED) is 0.478. The van der Waals surface area contributed by atoms with Crippen LogP contribution in [0.3, 0.4) is 0 Å². The molecule has 2 aromatic carbocycles. The van der Waals surface area contributed by atoms with Crippen LogP contribution < -0.4 is 5.32 Å². The van der Waals surface area contributed by atoms with Crippen molar-refractivity contribution < 1.29 is 0 Å². The predicted molar refractivity (Wildman–Crippen MR) is 85.7 cm³/mol. The molecule has 3 rings (SSSR count). The van der Waals surface area contributed by atoms with Gasteiger partial charge in [0.15, 0.2) is 0 Å². The summed E-state index contributed by atoms with van der Waals surface area (Å²) in [5.41, 5.74) is 2.42. The molecular weight excluding hydrogens is 444 g/mol. The zero-order chi connectivity index (χ0) is 11.1. The first-order valence-electron chi connectivity index (χ1n) is 4.76. The van der Waals surface area contributed by atoms with Crippen molar-refractivity contribution in [2.45, 2.75) is 9.79 Å². The molecule has 1 nitrogen and oxygen atoms in total. The zero-order valence-electron chi connectivity index (χ0n) is 8.13. The van der Waals surface area contributed by atoms with Crippen molar-refractivity contribution in [3.05, 3.63) is 43.5 Å². The molecule has 1 N–H and O–H groups in total. The van der Waals surface area contributed by atoms with Gasteiger partial charge in [-0.25, -0.2) is 0 Å². The lowest BCUT2D eigenvalue weighted by Crippen LogP contribution is -1.99. The molecule has 80 valence electrons.